The fourth-order valence-corrected chi connectivity index (χ4v) is 2.06. The quantitative estimate of drug-likeness (QED) is 0.945. The first-order valence-corrected chi connectivity index (χ1v) is 6.57. The van der Waals surface area contributed by atoms with E-state index in [2.05, 4.69) is 44.7 Å². The Balaban J connectivity index is 2.51. The van der Waals surface area contributed by atoms with Gasteiger partial charge in [-0.05, 0) is 28.3 Å². The van der Waals surface area contributed by atoms with Crippen molar-refractivity contribution in [3.63, 3.8) is 0 Å². The van der Waals surface area contributed by atoms with E-state index in [1.807, 2.05) is 11.6 Å². The highest BCUT2D eigenvalue weighted by molar-refractivity contribution is 9.10. The van der Waals surface area contributed by atoms with Gasteiger partial charge in [0.25, 0.3) is 0 Å². The van der Waals surface area contributed by atoms with E-state index in [1.54, 1.807) is 12.5 Å². The molecule has 0 unspecified atom stereocenters. The Morgan fingerprint density at radius 2 is 2.11 bits per heavy atom. The highest BCUT2D eigenvalue weighted by atomic mass is 79.9. The van der Waals surface area contributed by atoms with E-state index in [9.17, 15) is 0 Å². The molecule has 18 heavy (non-hydrogen) atoms. The lowest BCUT2D eigenvalue weighted by Crippen LogP contribution is -2.06. The van der Waals surface area contributed by atoms with Crippen LogP contribution in [0.2, 0.25) is 0 Å². The molecule has 2 N–H and O–H groups in total. The number of halogens is 1. The zero-order chi connectivity index (χ0) is 13.3. The normalized spacial score (nSPS) is 11.2. The van der Waals surface area contributed by atoms with Crippen molar-refractivity contribution in [1.29, 1.82) is 0 Å². The van der Waals surface area contributed by atoms with Crippen LogP contribution in [0.5, 0.6) is 0 Å². The minimum atomic E-state index is 0.469. The summed E-state index contributed by atoms with van der Waals surface area (Å²) >= 11 is 3.45. The second-order valence-electron chi connectivity index (χ2n) is 4.68. The first-order valence-electron chi connectivity index (χ1n) is 5.77. The van der Waals surface area contributed by atoms with Gasteiger partial charge in [-0.15, -0.1) is 0 Å². The second-order valence-corrected chi connectivity index (χ2v) is 5.47. The van der Waals surface area contributed by atoms with Gasteiger partial charge < -0.3 is 10.3 Å². The predicted octanol–water partition coefficient (Wildman–Crippen LogP) is 2.42. The van der Waals surface area contributed by atoms with Crippen molar-refractivity contribution in [2.75, 3.05) is 5.73 Å². The van der Waals surface area contributed by atoms with Crippen molar-refractivity contribution in [2.45, 2.75) is 20.3 Å². The molecule has 0 aliphatic carbocycles. The fraction of sp³-hybridized carbons (Fsp3) is 0.417. The molecule has 6 heteroatoms. The number of hydrogen-bond donors (Lipinski definition) is 1. The maximum absolute atomic E-state index is 5.93. The summed E-state index contributed by atoms with van der Waals surface area (Å²) in [4.78, 5) is 13.0. The van der Waals surface area contributed by atoms with Crippen LogP contribution in [0.1, 0.15) is 19.5 Å². The van der Waals surface area contributed by atoms with Crippen molar-refractivity contribution in [3.8, 4) is 11.5 Å². The molecule has 2 aromatic heterocycles. The summed E-state index contributed by atoms with van der Waals surface area (Å²) in [6, 6.07) is 0. The topological polar surface area (TPSA) is 69.6 Å². The Hall–Kier alpha value is -1.43. The van der Waals surface area contributed by atoms with Crippen LogP contribution in [0, 0.1) is 5.92 Å². The zero-order valence-electron chi connectivity index (χ0n) is 10.7. The molecule has 0 atom stereocenters. The van der Waals surface area contributed by atoms with Gasteiger partial charge in [0.05, 0.1) is 22.7 Å². The van der Waals surface area contributed by atoms with E-state index in [-0.39, 0.29) is 0 Å². The molecule has 0 aliphatic rings. The summed E-state index contributed by atoms with van der Waals surface area (Å²) < 4.78 is 2.67. The Morgan fingerprint density at radius 3 is 2.67 bits per heavy atom. The molecule has 0 saturated carbocycles. The van der Waals surface area contributed by atoms with E-state index >= 15 is 0 Å². The van der Waals surface area contributed by atoms with E-state index in [0.29, 0.717) is 17.6 Å². The number of hydrogen-bond acceptors (Lipinski definition) is 4. The van der Waals surface area contributed by atoms with E-state index < -0.39 is 0 Å². The van der Waals surface area contributed by atoms with Gasteiger partial charge in [0.1, 0.15) is 11.5 Å². The molecule has 2 heterocycles. The van der Waals surface area contributed by atoms with Gasteiger partial charge in [-0.1, -0.05) is 13.8 Å². The zero-order valence-corrected chi connectivity index (χ0v) is 12.3. The van der Waals surface area contributed by atoms with Gasteiger partial charge in [-0.2, -0.15) is 0 Å². The molecular formula is C12H16BrN5. The van der Waals surface area contributed by atoms with Gasteiger partial charge in [0.2, 0.25) is 0 Å². The number of imidazole rings is 1. The van der Waals surface area contributed by atoms with Crippen LogP contribution in [-0.4, -0.2) is 19.5 Å². The lowest BCUT2D eigenvalue weighted by Gasteiger charge is -2.10. The molecule has 0 amide bonds. The highest BCUT2D eigenvalue weighted by Crippen LogP contribution is 2.26. The first-order chi connectivity index (χ1) is 8.49. The Bertz CT molecular complexity index is 562. The molecular weight excluding hydrogens is 294 g/mol. The molecule has 0 spiro atoms. The maximum atomic E-state index is 5.93. The summed E-state index contributed by atoms with van der Waals surface area (Å²) in [7, 11) is 1.91. The third-order valence-corrected chi connectivity index (χ3v) is 3.46. The molecule has 0 fully saturated rings. The third-order valence-electron chi connectivity index (χ3n) is 2.59. The van der Waals surface area contributed by atoms with Crippen LogP contribution < -0.4 is 5.73 Å². The summed E-state index contributed by atoms with van der Waals surface area (Å²) in [5, 5.41) is 0. The molecule has 0 radical (unpaired) electrons. The van der Waals surface area contributed by atoms with Gasteiger partial charge >= 0.3 is 0 Å². The second kappa shape index (κ2) is 5.06. The van der Waals surface area contributed by atoms with Crippen molar-refractivity contribution in [1.82, 2.24) is 19.5 Å². The van der Waals surface area contributed by atoms with Gasteiger partial charge in [-0.25, -0.2) is 15.0 Å². The summed E-state index contributed by atoms with van der Waals surface area (Å²) in [6.07, 6.45) is 4.32. The van der Waals surface area contributed by atoms with E-state index in [4.69, 9.17) is 5.73 Å². The van der Waals surface area contributed by atoms with Gasteiger partial charge in [0, 0.05) is 7.05 Å². The SMILES string of the molecule is CC(C)Cc1nc(-c2cncn2C)nc(N)c1Br. The van der Waals surface area contributed by atoms with Gasteiger partial charge in [-0.3, -0.25) is 0 Å². The number of aryl methyl sites for hydroxylation is 1. The minimum Gasteiger partial charge on any atom is -0.383 e. The number of anilines is 1. The largest absolute Gasteiger partial charge is 0.383 e. The third kappa shape index (κ3) is 2.53. The number of nitrogens with two attached hydrogens (primary N) is 1. The molecule has 0 aromatic carbocycles. The monoisotopic (exact) mass is 309 g/mol. The van der Waals surface area contributed by atoms with Gasteiger partial charge in [0.15, 0.2) is 5.82 Å². The Kier molecular flexibility index (Phi) is 3.65. The highest BCUT2D eigenvalue weighted by Gasteiger charge is 2.14. The van der Waals surface area contributed by atoms with Crippen LogP contribution >= 0.6 is 15.9 Å². The van der Waals surface area contributed by atoms with Crippen molar-refractivity contribution < 1.29 is 0 Å². The summed E-state index contributed by atoms with van der Waals surface area (Å²) in [6.45, 7) is 4.29. The lowest BCUT2D eigenvalue weighted by atomic mass is 10.1. The number of nitrogen functional groups attached to an aromatic ring is 1. The fourth-order valence-electron chi connectivity index (χ4n) is 1.72. The van der Waals surface area contributed by atoms with Crippen LogP contribution in [0.15, 0.2) is 17.0 Å². The molecule has 2 aromatic rings. The standard InChI is InChI=1S/C12H16BrN5/c1-7(2)4-8-10(13)11(14)17-12(16-8)9-5-15-6-18(9)3/h5-7H,4H2,1-3H3,(H2,14,16,17). The maximum Gasteiger partial charge on any atom is 0.180 e. The number of rotatable bonds is 3. The van der Waals surface area contributed by atoms with Crippen LogP contribution in [-0.2, 0) is 13.5 Å². The average molecular weight is 310 g/mol. The Morgan fingerprint density at radius 1 is 1.39 bits per heavy atom. The van der Waals surface area contributed by atoms with E-state index in [1.165, 1.54) is 0 Å². The summed E-state index contributed by atoms with van der Waals surface area (Å²) in [5.41, 5.74) is 7.72. The number of aromatic nitrogens is 4. The number of nitrogens with zero attached hydrogens (tertiary/aromatic N) is 4. The van der Waals surface area contributed by atoms with Crippen molar-refractivity contribution in [2.24, 2.45) is 13.0 Å². The molecule has 0 saturated heterocycles. The van der Waals surface area contributed by atoms with Crippen LogP contribution in [0.25, 0.3) is 11.5 Å². The molecule has 2 rings (SSSR count). The minimum absolute atomic E-state index is 0.469. The predicted molar refractivity (Wildman–Crippen MR) is 74.9 cm³/mol. The lowest BCUT2D eigenvalue weighted by molar-refractivity contribution is 0.632. The Labute approximate surface area is 115 Å². The van der Waals surface area contributed by atoms with Crippen LogP contribution in [0.3, 0.4) is 0 Å². The molecule has 5 nitrogen and oxygen atoms in total. The molecule has 0 bridgehead atoms. The van der Waals surface area contributed by atoms with Crippen molar-refractivity contribution in [3.05, 3.63) is 22.7 Å². The average Bonchev–Trinajstić information content (AvgIpc) is 2.70. The molecule has 96 valence electrons. The van der Waals surface area contributed by atoms with Crippen molar-refractivity contribution >= 4 is 21.7 Å². The first kappa shape index (κ1) is 13.0. The summed E-state index contributed by atoms with van der Waals surface area (Å²) in [5.74, 6) is 1.60. The van der Waals surface area contributed by atoms with E-state index in [0.717, 1.165) is 22.3 Å². The van der Waals surface area contributed by atoms with Crippen LogP contribution in [0.4, 0.5) is 5.82 Å². The smallest absolute Gasteiger partial charge is 0.180 e. The molecule has 0 aliphatic heterocycles.